The molecule has 0 bridgehead atoms. The summed E-state index contributed by atoms with van der Waals surface area (Å²) < 4.78 is 9.00. The zero-order chi connectivity index (χ0) is 36.5. The Morgan fingerprint density at radius 3 is 1.73 bits per heavy atom. The standard InChI is InChI=1S/C52H29N3O/c1-3-10-32-26-34(18-16-30(32)8-1)43-29-44(35-19-17-31-9-2-4-11-33(31)27-35)54-52(53-43)36-20-24-47-42(28-36)50-39-21-23-46-49(38(39)22-25-48(50)56-47)41-14-7-13-40-37-12-5-6-15-45(37)55(46)51(40)41/h1-29H. The van der Waals surface area contributed by atoms with Crippen molar-refractivity contribution in [2.24, 2.45) is 0 Å². The second-order valence-electron chi connectivity index (χ2n) is 14.9. The highest BCUT2D eigenvalue weighted by Crippen LogP contribution is 2.44. The van der Waals surface area contributed by atoms with Gasteiger partial charge in [-0.1, -0.05) is 115 Å². The van der Waals surface area contributed by atoms with Crippen molar-refractivity contribution in [2.45, 2.75) is 0 Å². The molecule has 0 radical (unpaired) electrons. The molecule has 0 aliphatic heterocycles. The van der Waals surface area contributed by atoms with Crippen molar-refractivity contribution in [1.29, 1.82) is 0 Å². The summed E-state index contributed by atoms with van der Waals surface area (Å²) in [5.41, 5.74) is 10.3. The Hall–Kier alpha value is -7.56. The van der Waals surface area contributed by atoms with Crippen molar-refractivity contribution in [1.82, 2.24) is 14.4 Å². The molecule has 9 aromatic carbocycles. The first-order valence-electron chi connectivity index (χ1n) is 19.1. The summed E-state index contributed by atoms with van der Waals surface area (Å²) in [6.45, 7) is 0. The van der Waals surface area contributed by atoms with Crippen LogP contribution in [0.1, 0.15) is 0 Å². The Morgan fingerprint density at radius 2 is 0.964 bits per heavy atom. The number of hydrogen-bond acceptors (Lipinski definition) is 3. The number of para-hydroxylation sites is 2. The highest BCUT2D eigenvalue weighted by atomic mass is 16.3. The molecular weight excluding hydrogens is 683 g/mol. The minimum Gasteiger partial charge on any atom is -0.456 e. The Labute approximate surface area is 319 Å². The summed E-state index contributed by atoms with van der Waals surface area (Å²) in [5, 5.41) is 14.4. The molecule has 0 amide bonds. The average molecular weight is 712 g/mol. The molecule has 56 heavy (non-hydrogen) atoms. The smallest absolute Gasteiger partial charge is 0.160 e. The van der Waals surface area contributed by atoms with Gasteiger partial charge in [0.2, 0.25) is 0 Å². The first-order valence-corrected chi connectivity index (χ1v) is 19.1. The molecular formula is C52H29N3O. The summed E-state index contributed by atoms with van der Waals surface area (Å²) >= 11 is 0. The van der Waals surface area contributed by atoms with Crippen LogP contribution in [0, 0.1) is 0 Å². The summed E-state index contributed by atoms with van der Waals surface area (Å²) in [4.78, 5) is 10.5. The Kier molecular flexibility index (Phi) is 5.86. The van der Waals surface area contributed by atoms with Crippen LogP contribution in [0.2, 0.25) is 0 Å². The van der Waals surface area contributed by atoms with E-state index in [1.54, 1.807) is 0 Å². The number of rotatable bonds is 3. The molecule has 0 fully saturated rings. The van der Waals surface area contributed by atoms with Gasteiger partial charge in [0, 0.05) is 49.0 Å². The van der Waals surface area contributed by atoms with Crippen LogP contribution in [0.15, 0.2) is 180 Å². The molecule has 258 valence electrons. The maximum absolute atomic E-state index is 6.55. The average Bonchev–Trinajstić information content (AvgIpc) is 3.93. The molecule has 0 unspecified atom stereocenters. The van der Waals surface area contributed by atoms with Gasteiger partial charge < -0.3 is 8.82 Å². The molecule has 0 spiro atoms. The van der Waals surface area contributed by atoms with Crippen molar-refractivity contribution in [2.75, 3.05) is 0 Å². The zero-order valence-electron chi connectivity index (χ0n) is 30.0. The fourth-order valence-electron chi connectivity index (χ4n) is 9.32. The fourth-order valence-corrected chi connectivity index (χ4v) is 9.32. The quantitative estimate of drug-likeness (QED) is 0.183. The Balaban J connectivity index is 1.05. The third-order valence-corrected chi connectivity index (χ3v) is 11.9. The molecule has 13 rings (SSSR count). The number of nitrogens with zero attached hydrogens (tertiary/aromatic N) is 3. The molecule has 0 saturated heterocycles. The summed E-state index contributed by atoms with van der Waals surface area (Å²) in [7, 11) is 0. The van der Waals surface area contributed by atoms with Gasteiger partial charge in [0.1, 0.15) is 11.2 Å². The SMILES string of the molecule is c1ccc2cc(-c3cc(-c4ccc5ccccc5c4)nc(-c4ccc5oc6ccc7c(ccc8c7c7cccc9c%10ccccc%10n8c97)c6c5c4)n3)ccc2c1. The van der Waals surface area contributed by atoms with Gasteiger partial charge in [-0.3, -0.25) is 0 Å². The van der Waals surface area contributed by atoms with Gasteiger partial charge in [0.15, 0.2) is 5.82 Å². The van der Waals surface area contributed by atoms with Gasteiger partial charge in [-0.05, 0) is 93.0 Å². The van der Waals surface area contributed by atoms with E-state index in [0.717, 1.165) is 50.0 Å². The van der Waals surface area contributed by atoms with E-state index in [9.17, 15) is 0 Å². The number of furan rings is 1. The lowest BCUT2D eigenvalue weighted by Crippen LogP contribution is -1.96. The summed E-state index contributed by atoms with van der Waals surface area (Å²) in [6, 6.07) is 62.9. The normalized spacial score (nSPS) is 12.3. The molecule has 0 N–H and O–H groups in total. The van der Waals surface area contributed by atoms with Crippen molar-refractivity contribution >= 4 is 92.4 Å². The third kappa shape index (κ3) is 4.13. The van der Waals surface area contributed by atoms with Crippen molar-refractivity contribution in [3.63, 3.8) is 0 Å². The first kappa shape index (κ1) is 29.8. The lowest BCUT2D eigenvalue weighted by molar-refractivity contribution is 0.669. The van der Waals surface area contributed by atoms with Crippen LogP contribution < -0.4 is 0 Å². The highest BCUT2D eigenvalue weighted by Gasteiger charge is 2.21. The van der Waals surface area contributed by atoms with E-state index < -0.39 is 0 Å². The molecule has 4 nitrogen and oxygen atoms in total. The van der Waals surface area contributed by atoms with Crippen molar-refractivity contribution in [3.8, 4) is 33.9 Å². The lowest BCUT2D eigenvalue weighted by Gasteiger charge is -2.11. The van der Waals surface area contributed by atoms with Gasteiger partial charge in [-0.25, -0.2) is 9.97 Å². The molecule has 4 aromatic heterocycles. The molecule has 4 heterocycles. The summed E-state index contributed by atoms with van der Waals surface area (Å²) in [5.74, 6) is 0.675. The predicted molar refractivity (Wildman–Crippen MR) is 233 cm³/mol. The monoisotopic (exact) mass is 711 g/mol. The molecule has 0 atom stereocenters. The van der Waals surface area contributed by atoms with Crippen LogP contribution in [0.5, 0.6) is 0 Å². The maximum Gasteiger partial charge on any atom is 0.160 e. The van der Waals surface area contributed by atoms with Gasteiger partial charge in [-0.2, -0.15) is 0 Å². The van der Waals surface area contributed by atoms with E-state index in [1.165, 1.54) is 70.4 Å². The predicted octanol–water partition coefficient (Wildman–Crippen LogP) is 14.0. The van der Waals surface area contributed by atoms with E-state index in [4.69, 9.17) is 14.4 Å². The van der Waals surface area contributed by atoms with Crippen LogP contribution in [0.3, 0.4) is 0 Å². The molecule has 4 heteroatoms. The maximum atomic E-state index is 6.55. The second-order valence-corrected chi connectivity index (χ2v) is 14.9. The van der Waals surface area contributed by atoms with Crippen LogP contribution >= 0.6 is 0 Å². The van der Waals surface area contributed by atoms with Crippen molar-refractivity contribution in [3.05, 3.63) is 176 Å². The van der Waals surface area contributed by atoms with Crippen molar-refractivity contribution < 1.29 is 4.42 Å². The van der Waals surface area contributed by atoms with Gasteiger partial charge in [0.25, 0.3) is 0 Å². The molecule has 0 aliphatic carbocycles. The highest BCUT2D eigenvalue weighted by molar-refractivity contribution is 6.32. The third-order valence-electron chi connectivity index (χ3n) is 11.9. The zero-order valence-corrected chi connectivity index (χ0v) is 30.0. The van der Waals surface area contributed by atoms with Crippen LogP contribution in [-0.4, -0.2) is 14.4 Å². The Bertz CT molecular complexity index is 3680. The minimum absolute atomic E-state index is 0.675. The van der Waals surface area contributed by atoms with E-state index in [1.807, 2.05) is 0 Å². The largest absolute Gasteiger partial charge is 0.456 e. The lowest BCUT2D eigenvalue weighted by atomic mass is 9.98. The van der Waals surface area contributed by atoms with Gasteiger partial charge in [0.05, 0.1) is 27.9 Å². The first-order chi connectivity index (χ1) is 27.7. The fraction of sp³-hybridized carbons (Fsp3) is 0. The topological polar surface area (TPSA) is 43.3 Å². The molecule has 0 aliphatic rings. The van der Waals surface area contributed by atoms with Crippen LogP contribution in [0.4, 0.5) is 0 Å². The Morgan fingerprint density at radius 1 is 0.357 bits per heavy atom. The van der Waals surface area contributed by atoms with Crippen LogP contribution in [0.25, 0.3) is 126 Å². The van der Waals surface area contributed by atoms with E-state index in [0.29, 0.717) is 5.82 Å². The minimum atomic E-state index is 0.675. The molecule has 13 aromatic rings. The second kappa shape index (κ2) is 11.0. The van der Waals surface area contributed by atoms with E-state index in [-0.39, 0.29) is 0 Å². The van der Waals surface area contributed by atoms with Crippen LogP contribution in [-0.2, 0) is 0 Å². The number of fused-ring (bicyclic) bond motifs is 14. The van der Waals surface area contributed by atoms with Gasteiger partial charge in [-0.15, -0.1) is 0 Å². The van der Waals surface area contributed by atoms with Gasteiger partial charge >= 0.3 is 0 Å². The number of aromatic nitrogens is 3. The number of hydrogen-bond donors (Lipinski definition) is 0. The molecule has 0 saturated carbocycles. The van der Waals surface area contributed by atoms with E-state index in [2.05, 4.69) is 180 Å². The van der Waals surface area contributed by atoms with E-state index >= 15 is 0 Å². The summed E-state index contributed by atoms with van der Waals surface area (Å²) in [6.07, 6.45) is 0. The number of benzene rings is 9.